The number of fused-ring (bicyclic) bond motifs is 1. The van der Waals surface area contributed by atoms with E-state index in [2.05, 4.69) is 4.18 Å². The molecule has 0 radical (unpaired) electrons. The molecule has 0 fully saturated rings. The number of carbonyl (C=O) groups is 1. The summed E-state index contributed by atoms with van der Waals surface area (Å²) in [6.45, 7) is 6.16. The van der Waals surface area contributed by atoms with Crippen LogP contribution in [-0.4, -0.2) is 37.1 Å². The Labute approximate surface area is 154 Å². The highest BCUT2D eigenvalue weighted by molar-refractivity contribution is 7.88. The average molecular weight is 413 g/mol. The molecule has 6 nitrogen and oxygen atoms in total. The molecule has 27 heavy (non-hydrogen) atoms. The fourth-order valence-electron chi connectivity index (χ4n) is 2.70. The molecule has 0 spiro atoms. The van der Waals surface area contributed by atoms with Gasteiger partial charge in [0.15, 0.2) is 0 Å². The summed E-state index contributed by atoms with van der Waals surface area (Å²) in [4.78, 5) is 13.4. The van der Waals surface area contributed by atoms with Crippen LogP contribution in [0.25, 0.3) is 0 Å². The van der Waals surface area contributed by atoms with Crippen molar-refractivity contribution in [3.63, 3.8) is 0 Å². The van der Waals surface area contributed by atoms with Crippen LogP contribution in [0, 0.1) is 5.82 Å². The van der Waals surface area contributed by atoms with E-state index >= 15 is 0 Å². The molecule has 2 rings (SSSR count). The van der Waals surface area contributed by atoms with E-state index in [0.717, 1.165) is 17.0 Å². The summed E-state index contributed by atoms with van der Waals surface area (Å²) in [5.74, 6) is -2.01. The van der Waals surface area contributed by atoms with E-state index in [1.165, 1.54) is 0 Å². The Morgan fingerprint density at radius 2 is 1.81 bits per heavy atom. The monoisotopic (exact) mass is 413 g/mol. The number of alkyl halides is 3. The molecule has 1 aliphatic rings. The molecule has 152 valence electrons. The van der Waals surface area contributed by atoms with Gasteiger partial charge in [-0.25, -0.2) is 9.18 Å². The van der Waals surface area contributed by atoms with Gasteiger partial charge < -0.3 is 13.8 Å². The first-order chi connectivity index (χ1) is 12.1. The normalized spacial score (nSPS) is 18.1. The van der Waals surface area contributed by atoms with Crippen molar-refractivity contribution in [1.29, 1.82) is 0 Å². The third kappa shape index (κ3) is 4.63. The predicted octanol–water partition coefficient (Wildman–Crippen LogP) is 3.91. The van der Waals surface area contributed by atoms with Crippen molar-refractivity contribution in [1.82, 2.24) is 4.90 Å². The fraction of sp³-hybridized carbons (Fsp3) is 0.562. The van der Waals surface area contributed by atoms with E-state index in [1.54, 1.807) is 27.7 Å². The first-order valence-electron chi connectivity index (χ1n) is 7.92. The maximum absolute atomic E-state index is 14.2. The van der Waals surface area contributed by atoms with Crippen molar-refractivity contribution in [2.45, 2.75) is 51.3 Å². The number of hydrogen-bond acceptors (Lipinski definition) is 5. The van der Waals surface area contributed by atoms with E-state index in [9.17, 15) is 30.8 Å². The second kappa shape index (κ2) is 6.84. The van der Waals surface area contributed by atoms with Gasteiger partial charge in [-0.3, -0.25) is 0 Å². The topological polar surface area (TPSA) is 72.9 Å². The number of carbonyl (C=O) groups excluding carboxylic acids is 1. The molecule has 1 aliphatic heterocycles. The number of halogens is 4. The zero-order valence-electron chi connectivity index (χ0n) is 15.1. The molecule has 0 aliphatic carbocycles. The molecule has 1 aromatic carbocycles. The molecule has 0 saturated carbocycles. The molecule has 11 heteroatoms. The summed E-state index contributed by atoms with van der Waals surface area (Å²) < 4.78 is 84.2. The predicted molar refractivity (Wildman–Crippen MR) is 87.1 cm³/mol. The summed E-state index contributed by atoms with van der Waals surface area (Å²) in [7, 11) is -5.94. The Kier molecular flexibility index (Phi) is 5.39. The Hall–Kier alpha value is -2.04. The molecule has 1 aromatic rings. The molecular weight excluding hydrogens is 394 g/mol. The summed E-state index contributed by atoms with van der Waals surface area (Å²) in [6, 6.07) is 1.63. The van der Waals surface area contributed by atoms with Crippen LogP contribution in [0.2, 0.25) is 0 Å². The maximum Gasteiger partial charge on any atom is 0.534 e. The number of nitrogens with zero attached hydrogens (tertiary/aromatic N) is 1. The highest BCUT2D eigenvalue weighted by Crippen LogP contribution is 2.38. The average Bonchev–Trinajstić information content (AvgIpc) is 2.46. The van der Waals surface area contributed by atoms with Crippen molar-refractivity contribution < 1.29 is 39.7 Å². The van der Waals surface area contributed by atoms with Crippen molar-refractivity contribution in [2.75, 3.05) is 6.54 Å². The quantitative estimate of drug-likeness (QED) is 0.418. The minimum absolute atomic E-state index is 0.00434. The van der Waals surface area contributed by atoms with Gasteiger partial charge in [0.2, 0.25) is 0 Å². The molecule has 0 aromatic heterocycles. The van der Waals surface area contributed by atoms with Crippen molar-refractivity contribution >= 4 is 16.2 Å². The minimum Gasteiger partial charge on any atom is -0.444 e. The largest absolute Gasteiger partial charge is 0.534 e. The second-order valence-corrected chi connectivity index (χ2v) is 8.72. The Morgan fingerprint density at radius 1 is 1.22 bits per heavy atom. The third-order valence-corrected chi connectivity index (χ3v) is 4.70. The summed E-state index contributed by atoms with van der Waals surface area (Å²) in [5, 5.41) is 0. The fourth-order valence-corrected chi connectivity index (χ4v) is 3.19. The first-order valence-corrected chi connectivity index (χ1v) is 9.33. The molecule has 1 atom stereocenters. The number of amides is 1. The second-order valence-electron chi connectivity index (χ2n) is 7.18. The van der Waals surface area contributed by atoms with Gasteiger partial charge in [0.05, 0.1) is 6.54 Å². The van der Waals surface area contributed by atoms with Crippen LogP contribution in [0.3, 0.4) is 0 Å². The standard InChI is InChI=1S/C16H19F4NO5S/c1-9-7-21(14(22)25-15(2,3)4)8-10-12(6-5-11(17)13(9)10)26-27(23,24)16(18,19)20/h5-6,9H,7-8H2,1-4H3. The molecule has 0 N–H and O–H groups in total. The third-order valence-electron chi connectivity index (χ3n) is 3.73. The van der Waals surface area contributed by atoms with Gasteiger partial charge in [0.25, 0.3) is 0 Å². The SMILES string of the molecule is CC1CN(C(=O)OC(C)(C)C)Cc2c(OS(=O)(=O)C(F)(F)F)ccc(F)c21. The molecule has 1 amide bonds. The summed E-state index contributed by atoms with van der Waals surface area (Å²) in [5.41, 5.74) is -6.60. The van der Waals surface area contributed by atoms with Crippen molar-refractivity contribution in [3.05, 3.63) is 29.1 Å². The molecule has 1 heterocycles. The first kappa shape index (κ1) is 21.3. The van der Waals surface area contributed by atoms with Gasteiger partial charge >= 0.3 is 21.7 Å². The van der Waals surface area contributed by atoms with Crippen LogP contribution in [-0.2, 0) is 21.4 Å². The highest BCUT2D eigenvalue weighted by atomic mass is 32.2. The number of benzene rings is 1. The van der Waals surface area contributed by atoms with Crippen LogP contribution in [0.5, 0.6) is 5.75 Å². The van der Waals surface area contributed by atoms with Gasteiger partial charge in [-0.15, -0.1) is 0 Å². The lowest BCUT2D eigenvalue weighted by atomic mass is 9.90. The molecule has 0 bridgehead atoms. The number of hydrogen-bond donors (Lipinski definition) is 0. The summed E-state index contributed by atoms with van der Waals surface area (Å²) in [6.07, 6.45) is -0.756. The van der Waals surface area contributed by atoms with Crippen molar-refractivity contribution in [2.24, 2.45) is 0 Å². The molecule has 0 saturated heterocycles. The van der Waals surface area contributed by atoms with E-state index in [4.69, 9.17) is 4.74 Å². The van der Waals surface area contributed by atoms with Crippen LogP contribution in [0.4, 0.5) is 22.4 Å². The molecule has 1 unspecified atom stereocenters. The van der Waals surface area contributed by atoms with Crippen molar-refractivity contribution in [3.8, 4) is 5.75 Å². The van der Waals surface area contributed by atoms with Crippen LogP contribution < -0.4 is 4.18 Å². The lowest BCUT2D eigenvalue weighted by molar-refractivity contribution is -0.0500. The van der Waals surface area contributed by atoms with E-state index < -0.39 is 44.8 Å². The Balaban J connectivity index is 2.44. The van der Waals surface area contributed by atoms with E-state index in [-0.39, 0.29) is 24.2 Å². The van der Waals surface area contributed by atoms with Gasteiger partial charge in [0, 0.05) is 23.6 Å². The summed E-state index contributed by atoms with van der Waals surface area (Å²) >= 11 is 0. The zero-order chi connectivity index (χ0) is 20.8. The van der Waals surface area contributed by atoms with E-state index in [0.29, 0.717) is 0 Å². The van der Waals surface area contributed by atoms with E-state index in [1.807, 2.05) is 0 Å². The van der Waals surface area contributed by atoms with Crippen LogP contribution in [0.1, 0.15) is 44.7 Å². The van der Waals surface area contributed by atoms with Crippen LogP contribution >= 0.6 is 0 Å². The van der Waals surface area contributed by atoms with Gasteiger partial charge in [-0.2, -0.15) is 21.6 Å². The number of ether oxygens (including phenoxy) is 1. The Morgan fingerprint density at radius 3 is 2.33 bits per heavy atom. The highest BCUT2D eigenvalue weighted by Gasteiger charge is 2.49. The van der Waals surface area contributed by atoms with Gasteiger partial charge in [-0.05, 0) is 32.9 Å². The van der Waals surface area contributed by atoms with Gasteiger partial charge in [0.1, 0.15) is 17.2 Å². The molecular formula is C16H19F4NO5S. The minimum atomic E-state index is -5.94. The zero-order valence-corrected chi connectivity index (χ0v) is 15.9. The smallest absolute Gasteiger partial charge is 0.444 e. The lowest BCUT2D eigenvalue weighted by Gasteiger charge is -2.35. The lowest BCUT2D eigenvalue weighted by Crippen LogP contribution is -2.41. The maximum atomic E-state index is 14.2. The van der Waals surface area contributed by atoms with Crippen LogP contribution in [0.15, 0.2) is 12.1 Å². The number of rotatable bonds is 2. The van der Waals surface area contributed by atoms with Gasteiger partial charge in [-0.1, -0.05) is 6.92 Å². The Bertz CT molecular complexity index is 846.